The van der Waals surface area contributed by atoms with Gasteiger partial charge in [-0.2, -0.15) is 0 Å². The van der Waals surface area contributed by atoms with Crippen LogP contribution in [0.5, 0.6) is 0 Å². The molecule has 0 saturated carbocycles. The van der Waals surface area contributed by atoms with Gasteiger partial charge in [0, 0.05) is 11.1 Å². The van der Waals surface area contributed by atoms with Crippen molar-refractivity contribution in [2.24, 2.45) is 0 Å². The minimum atomic E-state index is -0.222. The number of nitrogens with one attached hydrogen (secondary N) is 1. The highest BCUT2D eigenvalue weighted by Crippen LogP contribution is 2.24. The summed E-state index contributed by atoms with van der Waals surface area (Å²) in [5.74, 6) is 0.448. The van der Waals surface area contributed by atoms with Gasteiger partial charge in [-0.15, -0.1) is 11.3 Å². The van der Waals surface area contributed by atoms with Crippen molar-refractivity contribution in [3.8, 4) is 10.8 Å². The number of para-hydroxylation sites is 1. The SMILES string of the molecule is O=C(Nc1ccccc1)c1csc(-c2ccco2)n1. The lowest BCUT2D eigenvalue weighted by Crippen LogP contribution is -2.12. The Labute approximate surface area is 113 Å². The number of rotatable bonds is 3. The number of furan rings is 1. The zero-order valence-electron chi connectivity index (χ0n) is 9.87. The maximum Gasteiger partial charge on any atom is 0.275 e. The van der Waals surface area contributed by atoms with E-state index >= 15 is 0 Å². The maximum absolute atomic E-state index is 12.0. The zero-order valence-corrected chi connectivity index (χ0v) is 10.7. The Morgan fingerprint density at radius 2 is 2.00 bits per heavy atom. The van der Waals surface area contributed by atoms with Crippen molar-refractivity contribution in [2.75, 3.05) is 5.32 Å². The number of carbonyl (C=O) groups is 1. The summed E-state index contributed by atoms with van der Waals surface area (Å²) >= 11 is 1.38. The molecule has 0 aliphatic heterocycles. The van der Waals surface area contributed by atoms with Gasteiger partial charge in [0.05, 0.1) is 6.26 Å². The number of benzene rings is 1. The molecule has 2 heterocycles. The highest BCUT2D eigenvalue weighted by atomic mass is 32.1. The molecule has 0 aliphatic carbocycles. The van der Waals surface area contributed by atoms with Crippen molar-refractivity contribution in [1.29, 1.82) is 0 Å². The van der Waals surface area contributed by atoms with Crippen molar-refractivity contribution in [1.82, 2.24) is 4.98 Å². The van der Waals surface area contributed by atoms with Gasteiger partial charge in [-0.25, -0.2) is 4.98 Å². The van der Waals surface area contributed by atoms with Crippen molar-refractivity contribution in [2.45, 2.75) is 0 Å². The van der Waals surface area contributed by atoms with Gasteiger partial charge in [-0.1, -0.05) is 18.2 Å². The first kappa shape index (κ1) is 11.7. The van der Waals surface area contributed by atoms with Gasteiger partial charge in [-0.05, 0) is 24.3 Å². The molecule has 94 valence electrons. The van der Waals surface area contributed by atoms with Crippen LogP contribution in [0.25, 0.3) is 10.8 Å². The van der Waals surface area contributed by atoms with Crippen LogP contribution in [0.3, 0.4) is 0 Å². The van der Waals surface area contributed by atoms with Gasteiger partial charge in [-0.3, -0.25) is 4.79 Å². The first-order valence-corrected chi connectivity index (χ1v) is 6.57. The normalized spacial score (nSPS) is 10.3. The Balaban J connectivity index is 1.78. The fraction of sp³-hybridized carbons (Fsp3) is 0. The summed E-state index contributed by atoms with van der Waals surface area (Å²) in [4.78, 5) is 16.3. The predicted molar refractivity (Wildman–Crippen MR) is 74.2 cm³/mol. The highest BCUT2D eigenvalue weighted by molar-refractivity contribution is 7.13. The maximum atomic E-state index is 12.0. The molecule has 0 spiro atoms. The third-order valence-corrected chi connectivity index (χ3v) is 3.36. The van der Waals surface area contributed by atoms with Crippen LogP contribution in [0.15, 0.2) is 58.5 Å². The first-order valence-electron chi connectivity index (χ1n) is 5.69. The van der Waals surface area contributed by atoms with Gasteiger partial charge in [0.1, 0.15) is 5.69 Å². The van der Waals surface area contributed by atoms with Crippen molar-refractivity contribution in [3.63, 3.8) is 0 Å². The lowest BCUT2D eigenvalue weighted by molar-refractivity contribution is 0.102. The van der Waals surface area contributed by atoms with Gasteiger partial charge in [0.25, 0.3) is 5.91 Å². The number of thiazole rings is 1. The molecule has 0 unspecified atom stereocenters. The third-order valence-electron chi connectivity index (χ3n) is 2.50. The topological polar surface area (TPSA) is 55.1 Å². The van der Waals surface area contributed by atoms with Gasteiger partial charge in [0.2, 0.25) is 0 Å². The Kier molecular flexibility index (Phi) is 3.12. The molecule has 3 aromatic rings. The van der Waals surface area contributed by atoms with Crippen molar-refractivity contribution < 1.29 is 9.21 Å². The molecule has 0 aliphatic rings. The fourth-order valence-corrected chi connectivity index (χ4v) is 2.37. The number of aromatic nitrogens is 1. The molecule has 0 atom stereocenters. The smallest absolute Gasteiger partial charge is 0.275 e. The van der Waals surface area contributed by atoms with Gasteiger partial charge < -0.3 is 9.73 Å². The average Bonchev–Trinajstić information content (AvgIpc) is 3.11. The Bertz CT molecular complexity index is 675. The number of hydrogen-bond donors (Lipinski definition) is 1. The van der Waals surface area contributed by atoms with Crippen LogP contribution < -0.4 is 5.32 Å². The van der Waals surface area contributed by atoms with Crippen LogP contribution in [0.1, 0.15) is 10.5 Å². The minimum absolute atomic E-state index is 0.222. The van der Waals surface area contributed by atoms with Crippen LogP contribution >= 0.6 is 11.3 Å². The lowest BCUT2D eigenvalue weighted by Gasteiger charge is -2.01. The molecule has 1 amide bonds. The Hall–Kier alpha value is -2.40. The summed E-state index contributed by atoms with van der Waals surface area (Å²) in [6.45, 7) is 0. The monoisotopic (exact) mass is 270 g/mol. The predicted octanol–water partition coefficient (Wildman–Crippen LogP) is 3.66. The van der Waals surface area contributed by atoms with Crippen LogP contribution in [0, 0.1) is 0 Å². The van der Waals surface area contributed by atoms with Crippen molar-refractivity contribution >= 4 is 22.9 Å². The first-order chi connectivity index (χ1) is 9.33. The molecule has 1 aromatic carbocycles. The molecule has 1 N–H and O–H groups in total. The molecule has 0 radical (unpaired) electrons. The summed E-state index contributed by atoms with van der Waals surface area (Å²) < 4.78 is 5.25. The van der Waals surface area contributed by atoms with Crippen LogP contribution in [-0.4, -0.2) is 10.9 Å². The van der Waals surface area contributed by atoms with E-state index in [1.165, 1.54) is 11.3 Å². The molecule has 5 heteroatoms. The summed E-state index contributed by atoms with van der Waals surface area (Å²) in [7, 11) is 0. The second-order valence-electron chi connectivity index (χ2n) is 3.84. The molecule has 0 fully saturated rings. The van der Waals surface area contributed by atoms with E-state index in [0.29, 0.717) is 16.5 Å². The average molecular weight is 270 g/mol. The zero-order chi connectivity index (χ0) is 13.1. The van der Waals surface area contributed by atoms with E-state index in [1.54, 1.807) is 17.7 Å². The minimum Gasteiger partial charge on any atom is -0.462 e. The molecule has 0 bridgehead atoms. The fourth-order valence-electron chi connectivity index (χ4n) is 1.61. The number of nitrogens with zero attached hydrogens (tertiary/aromatic N) is 1. The molecule has 19 heavy (non-hydrogen) atoms. The highest BCUT2D eigenvalue weighted by Gasteiger charge is 2.13. The molecule has 2 aromatic heterocycles. The summed E-state index contributed by atoms with van der Waals surface area (Å²) in [5, 5.41) is 5.21. The van der Waals surface area contributed by atoms with Crippen molar-refractivity contribution in [3.05, 3.63) is 59.8 Å². The van der Waals surface area contributed by atoms with E-state index in [4.69, 9.17) is 4.42 Å². The number of hydrogen-bond acceptors (Lipinski definition) is 4. The summed E-state index contributed by atoms with van der Waals surface area (Å²) in [6, 6.07) is 12.9. The Morgan fingerprint density at radius 3 is 2.74 bits per heavy atom. The summed E-state index contributed by atoms with van der Waals surface area (Å²) in [5.41, 5.74) is 1.14. The standard InChI is InChI=1S/C14H10N2O2S/c17-13(15-10-5-2-1-3-6-10)11-9-19-14(16-11)12-7-4-8-18-12/h1-9H,(H,15,17). The van der Waals surface area contributed by atoms with Crippen LogP contribution in [0.4, 0.5) is 5.69 Å². The van der Waals surface area contributed by atoms with E-state index in [1.807, 2.05) is 36.4 Å². The second-order valence-corrected chi connectivity index (χ2v) is 4.69. The van der Waals surface area contributed by atoms with Gasteiger partial charge >= 0.3 is 0 Å². The van der Waals surface area contributed by atoms with Gasteiger partial charge in [0.15, 0.2) is 10.8 Å². The third kappa shape index (κ3) is 2.56. The molecule has 3 rings (SSSR count). The number of amides is 1. The molecule has 4 nitrogen and oxygen atoms in total. The number of carbonyl (C=O) groups excluding carboxylic acids is 1. The molecular weight excluding hydrogens is 260 g/mol. The Morgan fingerprint density at radius 1 is 1.16 bits per heavy atom. The molecule has 0 saturated heterocycles. The van der Waals surface area contributed by atoms with Crippen LogP contribution in [-0.2, 0) is 0 Å². The quantitative estimate of drug-likeness (QED) is 0.790. The van der Waals surface area contributed by atoms with E-state index in [0.717, 1.165) is 5.69 Å². The van der Waals surface area contributed by atoms with E-state index in [2.05, 4.69) is 10.3 Å². The van der Waals surface area contributed by atoms with Crippen LogP contribution in [0.2, 0.25) is 0 Å². The number of anilines is 1. The summed E-state index contributed by atoms with van der Waals surface area (Å²) in [6.07, 6.45) is 1.58. The second kappa shape index (κ2) is 5.07. The van der Waals surface area contributed by atoms with E-state index < -0.39 is 0 Å². The van der Waals surface area contributed by atoms with E-state index in [9.17, 15) is 4.79 Å². The molecular formula is C14H10N2O2S. The van der Waals surface area contributed by atoms with E-state index in [-0.39, 0.29) is 5.91 Å². The lowest BCUT2D eigenvalue weighted by atomic mass is 10.3. The largest absolute Gasteiger partial charge is 0.462 e.